The number of rotatable bonds is 0. The molecule has 2 rings (SSSR count). The maximum Gasteiger partial charge on any atom is 0.0862 e. The molecule has 0 saturated carbocycles. The minimum absolute atomic E-state index is 1.17. The molecule has 11 heavy (non-hydrogen) atoms. The Hall–Kier alpha value is 1.10. The third kappa shape index (κ3) is 1.35. The fourth-order valence-corrected chi connectivity index (χ4v) is 5.21. The van der Waals surface area contributed by atoms with Gasteiger partial charge in [0.2, 0.25) is 0 Å². The van der Waals surface area contributed by atoms with Crippen molar-refractivity contribution in [3.05, 3.63) is 18.1 Å². The summed E-state index contributed by atoms with van der Waals surface area (Å²) in [5, 5.41) is 2.11. The molecule has 2 aromatic rings. The highest BCUT2D eigenvalue weighted by Gasteiger charge is 2.11. The van der Waals surface area contributed by atoms with Crippen molar-refractivity contribution in [3.8, 4) is 0 Å². The van der Waals surface area contributed by atoms with E-state index >= 15 is 0 Å². The second-order valence-electron chi connectivity index (χ2n) is 1.93. The van der Waals surface area contributed by atoms with Crippen molar-refractivity contribution in [2.24, 2.45) is 0 Å². The van der Waals surface area contributed by atoms with E-state index in [0.29, 0.717) is 0 Å². The van der Waals surface area contributed by atoms with E-state index in [1.54, 1.807) is 22.7 Å². The molecule has 0 radical (unpaired) electrons. The van der Waals surface area contributed by atoms with Gasteiger partial charge in [-0.1, -0.05) is 0 Å². The number of fused-ring (bicyclic) bond motifs is 1. The molecule has 2 heterocycles. The SMILES string of the molecule is Brc1sc2c(Br)csc2c1Br. The molecule has 0 aliphatic carbocycles. The van der Waals surface area contributed by atoms with E-state index in [-0.39, 0.29) is 0 Å². The van der Waals surface area contributed by atoms with Crippen LogP contribution >= 0.6 is 70.5 Å². The Morgan fingerprint density at radius 2 is 1.82 bits per heavy atom. The fourth-order valence-electron chi connectivity index (χ4n) is 0.796. The minimum atomic E-state index is 1.17. The van der Waals surface area contributed by atoms with Crippen LogP contribution in [0.1, 0.15) is 0 Å². The molecular weight excluding hydrogens is 376 g/mol. The lowest BCUT2D eigenvalue weighted by atomic mass is 10.5. The quantitative estimate of drug-likeness (QED) is 0.589. The van der Waals surface area contributed by atoms with Gasteiger partial charge in [0, 0.05) is 9.85 Å². The maximum atomic E-state index is 3.52. The van der Waals surface area contributed by atoms with E-state index in [1.807, 2.05) is 0 Å². The van der Waals surface area contributed by atoms with Crippen LogP contribution in [0.2, 0.25) is 0 Å². The largest absolute Gasteiger partial charge is 0.140 e. The zero-order chi connectivity index (χ0) is 8.01. The molecule has 2 aromatic heterocycles. The predicted octanol–water partition coefficient (Wildman–Crippen LogP) is 5.25. The lowest BCUT2D eigenvalue weighted by Crippen LogP contribution is -1.48. The first-order chi connectivity index (χ1) is 5.20. The van der Waals surface area contributed by atoms with Crippen molar-refractivity contribution in [1.82, 2.24) is 0 Å². The topological polar surface area (TPSA) is 0 Å². The molecule has 0 N–H and O–H groups in total. The summed E-state index contributed by atoms with van der Waals surface area (Å²) in [6.07, 6.45) is 0. The van der Waals surface area contributed by atoms with Gasteiger partial charge in [-0.05, 0) is 47.8 Å². The smallest absolute Gasteiger partial charge is 0.0862 e. The molecule has 0 atom stereocenters. The first-order valence-electron chi connectivity index (χ1n) is 2.70. The van der Waals surface area contributed by atoms with Gasteiger partial charge in [0.15, 0.2) is 0 Å². The highest BCUT2D eigenvalue weighted by molar-refractivity contribution is 9.13. The summed E-state index contributed by atoms with van der Waals surface area (Å²) in [6.45, 7) is 0. The Balaban J connectivity index is 2.93. The molecule has 0 bridgehead atoms. The lowest BCUT2D eigenvalue weighted by molar-refractivity contribution is 1.98. The third-order valence-corrected chi connectivity index (χ3v) is 7.33. The first-order valence-corrected chi connectivity index (χ1v) is 6.78. The van der Waals surface area contributed by atoms with Crippen molar-refractivity contribution < 1.29 is 0 Å². The summed E-state index contributed by atoms with van der Waals surface area (Å²) < 4.78 is 6.16. The zero-order valence-corrected chi connectivity index (χ0v) is 11.4. The standard InChI is InChI=1S/C6HBr3S2/c7-2-1-10-5-3(8)6(9)11-4(2)5/h1H. The highest BCUT2D eigenvalue weighted by atomic mass is 79.9. The molecule has 58 valence electrons. The average molecular weight is 377 g/mol. The summed E-state index contributed by atoms with van der Waals surface area (Å²) in [6, 6.07) is 0. The van der Waals surface area contributed by atoms with Crippen LogP contribution in [0.15, 0.2) is 18.1 Å². The van der Waals surface area contributed by atoms with Crippen molar-refractivity contribution in [1.29, 1.82) is 0 Å². The molecule has 0 nitrogen and oxygen atoms in total. The van der Waals surface area contributed by atoms with Crippen LogP contribution in [0.4, 0.5) is 0 Å². The molecule has 0 aliphatic heterocycles. The Morgan fingerprint density at radius 3 is 2.45 bits per heavy atom. The minimum Gasteiger partial charge on any atom is -0.140 e. The van der Waals surface area contributed by atoms with Crippen molar-refractivity contribution >= 4 is 79.9 Å². The average Bonchev–Trinajstić information content (AvgIpc) is 2.43. The second-order valence-corrected chi connectivity index (χ2v) is 6.80. The van der Waals surface area contributed by atoms with E-state index in [2.05, 4.69) is 53.2 Å². The summed E-state index contributed by atoms with van der Waals surface area (Å²) in [7, 11) is 0. The Kier molecular flexibility index (Phi) is 2.45. The molecule has 0 aromatic carbocycles. The Morgan fingerprint density at radius 1 is 1.09 bits per heavy atom. The molecule has 0 saturated heterocycles. The van der Waals surface area contributed by atoms with Crippen molar-refractivity contribution in [2.45, 2.75) is 0 Å². The van der Waals surface area contributed by atoms with Crippen LogP contribution < -0.4 is 0 Å². The van der Waals surface area contributed by atoms with Gasteiger partial charge in [-0.15, -0.1) is 22.7 Å². The fraction of sp³-hybridized carbons (Fsp3) is 0. The van der Waals surface area contributed by atoms with E-state index < -0.39 is 0 Å². The van der Waals surface area contributed by atoms with Crippen molar-refractivity contribution in [3.63, 3.8) is 0 Å². The lowest BCUT2D eigenvalue weighted by Gasteiger charge is -1.79. The second kappa shape index (κ2) is 3.10. The van der Waals surface area contributed by atoms with Crippen LogP contribution in [0.25, 0.3) is 9.40 Å². The third-order valence-electron chi connectivity index (χ3n) is 1.27. The van der Waals surface area contributed by atoms with Crippen LogP contribution in [0.3, 0.4) is 0 Å². The molecule has 0 fully saturated rings. The van der Waals surface area contributed by atoms with Gasteiger partial charge >= 0.3 is 0 Å². The van der Waals surface area contributed by atoms with Crippen LogP contribution in [-0.4, -0.2) is 0 Å². The van der Waals surface area contributed by atoms with Gasteiger partial charge in [0.25, 0.3) is 0 Å². The maximum absolute atomic E-state index is 3.52. The molecule has 0 spiro atoms. The summed E-state index contributed by atoms with van der Waals surface area (Å²) >= 11 is 14.0. The molecule has 0 unspecified atom stereocenters. The number of thiophene rings is 2. The molecule has 5 heteroatoms. The van der Waals surface area contributed by atoms with Crippen LogP contribution in [0, 0.1) is 0 Å². The Bertz CT molecular complexity index is 401. The number of hydrogen-bond donors (Lipinski definition) is 0. The van der Waals surface area contributed by atoms with E-state index in [9.17, 15) is 0 Å². The normalized spacial score (nSPS) is 11.2. The summed E-state index contributed by atoms with van der Waals surface area (Å²) in [5.41, 5.74) is 0. The van der Waals surface area contributed by atoms with Gasteiger partial charge in [-0.3, -0.25) is 0 Å². The summed E-state index contributed by atoms with van der Waals surface area (Å²) in [4.78, 5) is 0. The van der Waals surface area contributed by atoms with E-state index in [4.69, 9.17) is 0 Å². The molecule has 0 amide bonds. The molecular formula is C6HBr3S2. The van der Waals surface area contributed by atoms with Crippen LogP contribution in [-0.2, 0) is 0 Å². The van der Waals surface area contributed by atoms with Gasteiger partial charge in [-0.25, -0.2) is 0 Å². The predicted molar refractivity (Wildman–Crippen MR) is 62.8 cm³/mol. The first kappa shape index (κ1) is 8.69. The van der Waals surface area contributed by atoms with Gasteiger partial charge < -0.3 is 0 Å². The number of hydrogen-bond acceptors (Lipinski definition) is 2. The monoisotopic (exact) mass is 374 g/mol. The van der Waals surface area contributed by atoms with E-state index in [1.165, 1.54) is 22.1 Å². The van der Waals surface area contributed by atoms with Gasteiger partial charge in [0.05, 0.1) is 17.7 Å². The van der Waals surface area contributed by atoms with Gasteiger partial charge in [-0.2, -0.15) is 0 Å². The molecule has 0 aliphatic rings. The van der Waals surface area contributed by atoms with Crippen LogP contribution in [0.5, 0.6) is 0 Å². The summed E-state index contributed by atoms with van der Waals surface area (Å²) in [5.74, 6) is 0. The van der Waals surface area contributed by atoms with E-state index in [0.717, 1.165) is 0 Å². The highest BCUT2D eigenvalue weighted by Crippen LogP contribution is 2.45. The number of halogens is 3. The van der Waals surface area contributed by atoms with Gasteiger partial charge in [0.1, 0.15) is 0 Å². The van der Waals surface area contributed by atoms with Crippen molar-refractivity contribution in [2.75, 3.05) is 0 Å². The zero-order valence-electron chi connectivity index (χ0n) is 5.03. The Labute approximate surface area is 97.0 Å².